The van der Waals surface area contributed by atoms with Gasteiger partial charge in [-0.2, -0.15) is 4.58 Å². The lowest BCUT2D eigenvalue weighted by Gasteiger charge is -2.14. The van der Waals surface area contributed by atoms with Crippen LogP contribution >= 0.6 is 0 Å². The lowest BCUT2D eigenvalue weighted by molar-refractivity contribution is -0.438. The normalized spacial score (nSPS) is 15.9. The first-order valence-corrected chi connectivity index (χ1v) is 6.96. The number of ether oxygens (including phenoxy) is 1. The third-order valence-corrected chi connectivity index (χ3v) is 4.08. The van der Waals surface area contributed by atoms with Crippen LogP contribution in [0.3, 0.4) is 0 Å². The molecule has 0 radical (unpaired) electrons. The number of esters is 1. The van der Waals surface area contributed by atoms with Gasteiger partial charge in [-0.3, -0.25) is 4.79 Å². The maximum Gasteiger partial charge on any atom is 0.312 e. The molecule has 1 aliphatic rings. The van der Waals surface area contributed by atoms with Crippen molar-refractivity contribution in [1.29, 1.82) is 0 Å². The monoisotopic (exact) mass is 272 g/mol. The average molecular weight is 272 g/mol. The summed E-state index contributed by atoms with van der Waals surface area (Å²) >= 11 is 0. The van der Waals surface area contributed by atoms with Crippen molar-refractivity contribution in [3.63, 3.8) is 0 Å². The highest BCUT2D eigenvalue weighted by Gasteiger charge is 2.42. The number of benzene rings is 1. The lowest BCUT2D eigenvalue weighted by Crippen LogP contribution is -2.27. The Labute approximate surface area is 120 Å². The van der Waals surface area contributed by atoms with E-state index in [2.05, 4.69) is 50.1 Å². The molecule has 0 saturated heterocycles. The molecule has 106 valence electrons. The van der Waals surface area contributed by atoms with Gasteiger partial charge in [0.1, 0.15) is 13.0 Å². The number of hydrogen-bond donors (Lipinski definition) is 0. The molecule has 0 atom stereocenters. The third-order valence-electron chi connectivity index (χ3n) is 4.08. The van der Waals surface area contributed by atoms with Crippen molar-refractivity contribution in [2.45, 2.75) is 32.6 Å². The van der Waals surface area contributed by atoms with Gasteiger partial charge in [-0.1, -0.05) is 30.9 Å². The Morgan fingerprint density at radius 3 is 2.80 bits per heavy atom. The van der Waals surface area contributed by atoms with E-state index in [0.29, 0.717) is 13.0 Å². The van der Waals surface area contributed by atoms with Gasteiger partial charge in [0, 0.05) is 18.6 Å². The largest absolute Gasteiger partial charge is 0.461 e. The molecule has 1 aliphatic heterocycles. The van der Waals surface area contributed by atoms with Gasteiger partial charge in [0.05, 0.1) is 5.41 Å². The summed E-state index contributed by atoms with van der Waals surface area (Å²) in [5.74, 6) is -0.181. The van der Waals surface area contributed by atoms with Crippen molar-refractivity contribution in [2.24, 2.45) is 0 Å². The summed E-state index contributed by atoms with van der Waals surface area (Å²) in [7, 11) is 0. The Balaban J connectivity index is 2.17. The van der Waals surface area contributed by atoms with Crippen LogP contribution < -0.4 is 0 Å². The maximum atomic E-state index is 11.6. The van der Waals surface area contributed by atoms with Crippen LogP contribution in [-0.2, 0) is 14.9 Å². The van der Waals surface area contributed by atoms with E-state index in [1.54, 1.807) is 6.08 Å². The molecule has 3 heteroatoms. The zero-order valence-electron chi connectivity index (χ0n) is 12.5. The molecule has 2 rings (SSSR count). The van der Waals surface area contributed by atoms with Gasteiger partial charge in [-0.15, -0.1) is 0 Å². The first-order chi connectivity index (χ1) is 9.48. The van der Waals surface area contributed by atoms with Crippen LogP contribution in [0.1, 0.15) is 32.8 Å². The molecule has 3 nitrogen and oxygen atoms in total. The molecule has 20 heavy (non-hydrogen) atoms. The molecule has 0 unspecified atom stereocenters. The quantitative estimate of drug-likeness (QED) is 0.468. The van der Waals surface area contributed by atoms with Crippen LogP contribution in [0.4, 0.5) is 5.69 Å². The standard InChI is InChI=1S/C17H22NO2/c1-5-12-20-16(19)10-11-18-13(2)17(3,4)14-8-6-7-9-15(14)18/h5-9H,1,10-12H2,2-4H3/q+1. The van der Waals surface area contributed by atoms with E-state index < -0.39 is 0 Å². The highest BCUT2D eigenvalue weighted by Crippen LogP contribution is 2.39. The van der Waals surface area contributed by atoms with Crippen molar-refractivity contribution < 1.29 is 14.1 Å². The first kappa shape index (κ1) is 14.5. The molecule has 0 spiro atoms. The van der Waals surface area contributed by atoms with Crippen molar-refractivity contribution >= 4 is 17.4 Å². The van der Waals surface area contributed by atoms with Crippen LogP contribution in [0, 0.1) is 0 Å². The number of hydrogen-bond acceptors (Lipinski definition) is 2. The Morgan fingerprint density at radius 2 is 2.10 bits per heavy atom. The number of carbonyl (C=O) groups is 1. The zero-order valence-corrected chi connectivity index (χ0v) is 12.5. The lowest BCUT2D eigenvalue weighted by atomic mass is 9.82. The fourth-order valence-electron chi connectivity index (χ4n) is 2.67. The average Bonchev–Trinajstić information content (AvgIpc) is 2.63. The van der Waals surface area contributed by atoms with Gasteiger partial charge < -0.3 is 4.74 Å². The molecule has 0 amide bonds. The first-order valence-electron chi connectivity index (χ1n) is 6.96. The van der Waals surface area contributed by atoms with Crippen LogP contribution in [0.25, 0.3) is 0 Å². The summed E-state index contributed by atoms with van der Waals surface area (Å²) in [6.07, 6.45) is 1.97. The predicted molar refractivity (Wildman–Crippen MR) is 80.7 cm³/mol. The predicted octanol–water partition coefficient (Wildman–Crippen LogP) is 3.20. The van der Waals surface area contributed by atoms with E-state index in [-0.39, 0.29) is 18.0 Å². The summed E-state index contributed by atoms with van der Waals surface area (Å²) in [5, 5.41) is 0. The molecule has 1 aromatic carbocycles. The summed E-state index contributed by atoms with van der Waals surface area (Å²) in [4.78, 5) is 11.6. The van der Waals surface area contributed by atoms with E-state index in [4.69, 9.17) is 4.74 Å². The molecule has 0 aliphatic carbocycles. The van der Waals surface area contributed by atoms with E-state index in [1.807, 2.05) is 6.07 Å². The number of para-hydroxylation sites is 1. The molecular weight excluding hydrogens is 250 g/mol. The zero-order chi connectivity index (χ0) is 14.8. The van der Waals surface area contributed by atoms with Crippen LogP contribution in [0.2, 0.25) is 0 Å². The van der Waals surface area contributed by atoms with Gasteiger partial charge in [0.25, 0.3) is 0 Å². The van der Waals surface area contributed by atoms with Crippen LogP contribution in [0.15, 0.2) is 36.9 Å². The van der Waals surface area contributed by atoms with Gasteiger partial charge in [-0.25, -0.2) is 0 Å². The fraction of sp³-hybridized carbons (Fsp3) is 0.412. The number of carbonyl (C=O) groups excluding carboxylic acids is 1. The number of fused-ring (bicyclic) bond motifs is 1. The number of nitrogens with zero attached hydrogens (tertiary/aromatic N) is 1. The number of rotatable bonds is 5. The minimum atomic E-state index is -0.181. The molecule has 0 saturated carbocycles. The SMILES string of the molecule is C=CCOC(=O)CC[N+]1=C(C)C(C)(C)c2ccccc21. The van der Waals surface area contributed by atoms with E-state index in [1.165, 1.54) is 17.0 Å². The Hall–Kier alpha value is -1.90. The fourth-order valence-corrected chi connectivity index (χ4v) is 2.67. The van der Waals surface area contributed by atoms with Gasteiger partial charge in [-0.05, 0) is 13.8 Å². The third kappa shape index (κ3) is 2.53. The second-order valence-corrected chi connectivity index (χ2v) is 5.60. The summed E-state index contributed by atoms with van der Waals surface area (Å²) < 4.78 is 7.26. The van der Waals surface area contributed by atoms with E-state index in [9.17, 15) is 4.79 Å². The molecule has 1 aromatic rings. The molecule has 0 N–H and O–H groups in total. The maximum absolute atomic E-state index is 11.6. The Bertz CT molecular complexity index is 570. The van der Waals surface area contributed by atoms with Crippen molar-refractivity contribution in [3.05, 3.63) is 42.5 Å². The van der Waals surface area contributed by atoms with Crippen molar-refractivity contribution in [2.75, 3.05) is 13.2 Å². The topological polar surface area (TPSA) is 29.3 Å². The smallest absolute Gasteiger partial charge is 0.312 e. The molecule has 0 fully saturated rings. The molecule has 0 aromatic heterocycles. The highest BCUT2D eigenvalue weighted by molar-refractivity contribution is 5.93. The van der Waals surface area contributed by atoms with Crippen molar-refractivity contribution in [1.82, 2.24) is 0 Å². The summed E-state index contributed by atoms with van der Waals surface area (Å²) in [6, 6.07) is 8.38. The molecular formula is C17H22NO2+. The van der Waals surface area contributed by atoms with Crippen molar-refractivity contribution in [3.8, 4) is 0 Å². The minimum absolute atomic E-state index is 0.0155. The summed E-state index contributed by atoms with van der Waals surface area (Å²) in [6.45, 7) is 11.0. The van der Waals surface area contributed by atoms with Crippen LogP contribution in [0.5, 0.6) is 0 Å². The molecule has 1 heterocycles. The van der Waals surface area contributed by atoms with Crippen LogP contribution in [-0.4, -0.2) is 29.4 Å². The van der Waals surface area contributed by atoms with Gasteiger partial charge >= 0.3 is 5.97 Å². The Kier molecular flexibility index (Phi) is 4.07. The second kappa shape index (κ2) is 5.61. The minimum Gasteiger partial charge on any atom is -0.461 e. The second-order valence-electron chi connectivity index (χ2n) is 5.60. The van der Waals surface area contributed by atoms with E-state index in [0.717, 1.165) is 0 Å². The van der Waals surface area contributed by atoms with Gasteiger partial charge in [0.2, 0.25) is 5.69 Å². The highest BCUT2D eigenvalue weighted by atomic mass is 16.5. The molecule has 0 bridgehead atoms. The van der Waals surface area contributed by atoms with Gasteiger partial charge in [0.15, 0.2) is 12.3 Å². The Morgan fingerprint density at radius 1 is 1.40 bits per heavy atom. The van der Waals surface area contributed by atoms with E-state index >= 15 is 0 Å². The summed E-state index contributed by atoms with van der Waals surface area (Å²) in [5.41, 5.74) is 3.81.